The van der Waals surface area contributed by atoms with Gasteiger partial charge in [-0.25, -0.2) is 4.98 Å². The van der Waals surface area contributed by atoms with Crippen LogP contribution in [0.3, 0.4) is 0 Å². The van der Waals surface area contributed by atoms with Gasteiger partial charge in [0, 0.05) is 48.3 Å². The number of likely N-dealkylation sites (N-methyl/N-ethyl adjacent to an activating group) is 1. The lowest BCUT2D eigenvalue weighted by atomic mass is 9.91. The maximum absolute atomic E-state index is 14.7. The number of hydrogen-bond donors (Lipinski definition) is 5. The molecule has 2 heterocycles. The van der Waals surface area contributed by atoms with Crippen molar-refractivity contribution in [3.63, 3.8) is 0 Å². The highest BCUT2D eigenvalue weighted by Gasteiger charge is 2.38. The van der Waals surface area contributed by atoms with Gasteiger partial charge in [-0.15, -0.1) is 11.3 Å². The first-order valence-corrected chi connectivity index (χ1v) is 20.9. The molecule has 0 aliphatic carbocycles. The first-order valence-electron chi connectivity index (χ1n) is 20.0. The Morgan fingerprint density at radius 2 is 1.76 bits per heavy atom. The Morgan fingerprint density at radius 1 is 1.07 bits per heavy atom. The van der Waals surface area contributed by atoms with Gasteiger partial charge in [0.15, 0.2) is 6.73 Å². The number of nitrogens with one attached hydrogen (secondary N) is 2. The van der Waals surface area contributed by atoms with E-state index >= 15 is 0 Å². The average Bonchev–Trinajstić information content (AvgIpc) is 3.65. The van der Waals surface area contributed by atoms with Gasteiger partial charge in [0.05, 0.1) is 6.04 Å². The van der Waals surface area contributed by atoms with E-state index in [4.69, 9.17) is 10.5 Å². The molecule has 55 heavy (non-hydrogen) atoms. The number of hydrogen-bond acceptors (Lipinski definition) is 11. The van der Waals surface area contributed by atoms with Gasteiger partial charge in [0.25, 0.3) is 5.91 Å². The van der Waals surface area contributed by atoms with Gasteiger partial charge in [-0.2, -0.15) is 0 Å². The van der Waals surface area contributed by atoms with Crippen molar-refractivity contribution in [3.8, 4) is 5.75 Å². The standard InChI is InChI=1S/C41H66N6O7S/c1-9-13-36(50)54-24-47(41(53)37(26(5)10-2)43-28(7)33-14-11-12-19-46(33)8)34(25(3)4)22-35(49)40-45-32(23-55-40)39(52)44-30(20-27(6)38(42)51)21-29-15-17-31(48)18-16-29/h15-18,23,25-28,30,33-35,37,43,48-49H,9-14,19-22,24H2,1-8H3,(H2,42,51)(H,44,52)/t26-,27+,28?,30?,33-,34-,35-,37+/m1/s1. The van der Waals surface area contributed by atoms with E-state index in [-0.39, 0.29) is 60.8 Å². The van der Waals surface area contributed by atoms with Crippen molar-refractivity contribution in [1.29, 1.82) is 0 Å². The summed E-state index contributed by atoms with van der Waals surface area (Å²) in [7, 11) is 2.13. The summed E-state index contributed by atoms with van der Waals surface area (Å²) in [5, 5.41) is 29.9. The number of carbonyl (C=O) groups is 4. The fourth-order valence-corrected chi connectivity index (χ4v) is 8.10. The monoisotopic (exact) mass is 786 g/mol. The van der Waals surface area contributed by atoms with Crippen molar-refractivity contribution in [2.45, 2.75) is 143 Å². The van der Waals surface area contributed by atoms with E-state index in [9.17, 15) is 29.4 Å². The molecule has 2 unspecified atom stereocenters. The van der Waals surface area contributed by atoms with Crippen LogP contribution in [0.25, 0.3) is 0 Å². The zero-order valence-corrected chi connectivity index (χ0v) is 34.9. The van der Waals surface area contributed by atoms with E-state index in [0.717, 1.165) is 49.1 Å². The van der Waals surface area contributed by atoms with Gasteiger partial charge >= 0.3 is 5.97 Å². The molecule has 8 atom stereocenters. The van der Waals surface area contributed by atoms with E-state index in [2.05, 4.69) is 48.3 Å². The second-order valence-corrected chi connectivity index (χ2v) is 16.7. The fourth-order valence-electron chi connectivity index (χ4n) is 7.31. The van der Waals surface area contributed by atoms with Gasteiger partial charge in [-0.1, -0.05) is 66.5 Å². The number of aliphatic hydroxyl groups is 1. The number of benzene rings is 1. The number of aliphatic hydroxyl groups excluding tert-OH is 1. The van der Waals surface area contributed by atoms with E-state index in [1.54, 1.807) is 41.5 Å². The van der Waals surface area contributed by atoms with Crippen molar-refractivity contribution in [3.05, 3.63) is 45.9 Å². The van der Waals surface area contributed by atoms with Gasteiger partial charge in [-0.3, -0.25) is 19.2 Å². The van der Waals surface area contributed by atoms with Crippen LogP contribution in [0.1, 0.15) is 127 Å². The summed E-state index contributed by atoms with van der Waals surface area (Å²) >= 11 is 1.15. The topological polar surface area (TPSA) is 187 Å². The summed E-state index contributed by atoms with van der Waals surface area (Å²) in [6, 6.07) is 5.44. The number of piperidine rings is 1. The van der Waals surface area contributed by atoms with Crippen molar-refractivity contribution >= 4 is 35.0 Å². The Kier molecular flexibility index (Phi) is 18.5. The van der Waals surface area contributed by atoms with E-state index in [1.165, 1.54) is 0 Å². The highest BCUT2D eigenvalue weighted by atomic mass is 32.1. The number of rotatable bonds is 22. The van der Waals surface area contributed by atoms with E-state index in [1.807, 2.05) is 20.8 Å². The number of phenols is 1. The van der Waals surface area contributed by atoms with Crippen LogP contribution in [0.15, 0.2) is 29.6 Å². The number of amides is 3. The maximum atomic E-state index is 14.7. The molecule has 1 saturated heterocycles. The number of phenolic OH excluding ortho intramolecular Hbond substituents is 1. The predicted octanol–water partition coefficient (Wildman–Crippen LogP) is 5.16. The van der Waals surface area contributed by atoms with Crippen LogP contribution in [-0.2, 0) is 25.5 Å². The van der Waals surface area contributed by atoms with Crippen molar-refractivity contribution in [1.82, 2.24) is 25.4 Å². The van der Waals surface area contributed by atoms with Gasteiger partial charge in [0.2, 0.25) is 11.8 Å². The molecule has 308 valence electrons. The van der Waals surface area contributed by atoms with Crippen molar-refractivity contribution in [2.75, 3.05) is 20.3 Å². The Labute approximate surface area is 331 Å². The summed E-state index contributed by atoms with van der Waals surface area (Å²) < 4.78 is 5.69. The largest absolute Gasteiger partial charge is 0.508 e. The lowest BCUT2D eigenvalue weighted by Crippen LogP contribution is -2.60. The highest BCUT2D eigenvalue weighted by Crippen LogP contribution is 2.29. The number of ether oxygens (including phenoxy) is 1. The lowest BCUT2D eigenvalue weighted by Gasteiger charge is -2.42. The van der Waals surface area contributed by atoms with Crippen LogP contribution < -0.4 is 16.4 Å². The summed E-state index contributed by atoms with van der Waals surface area (Å²) in [6.45, 7) is 14.6. The number of likely N-dealkylation sites (tertiary alicyclic amines) is 1. The summed E-state index contributed by atoms with van der Waals surface area (Å²) in [4.78, 5) is 61.2. The number of nitrogens with zero attached hydrogens (tertiary/aromatic N) is 3. The Hall–Kier alpha value is -3.59. The van der Waals surface area contributed by atoms with Crippen LogP contribution in [0.2, 0.25) is 0 Å². The molecule has 1 fully saturated rings. The van der Waals surface area contributed by atoms with Crippen LogP contribution in [-0.4, -0.2) is 99.2 Å². The minimum Gasteiger partial charge on any atom is -0.508 e. The molecule has 3 rings (SSSR count). The zero-order chi connectivity index (χ0) is 40.8. The van der Waals surface area contributed by atoms with Crippen LogP contribution in [0, 0.1) is 17.8 Å². The number of aromatic hydroxyl groups is 1. The third kappa shape index (κ3) is 13.8. The van der Waals surface area contributed by atoms with Gasteiger partial charge < -0.3 is 41.1 Å². The Bertz CT molecular complexity index is 1520. The molecule has 0 radical (unpaired) electrons. The van der Waals surface area contributed by atoms with Crippen molar-refractivity contribution < 1.29 is 34.1 Å². The zero-order valence-electron chi connectivity index (χ0n) is 34.1. The molecule has 1 aromatic carbocycles. The normalized spacial score (nSPS) is 18.8. The number of esters is 1. The first kappa shape index (κ1) is 45.8. The molecule has 1 aromatic heterocycles. The Balaban J connectivity index is 1.84. The SMILES string of the molecule is CCCC(=O)OCN(C(=O)[C@@H](NC(C)[C@H]1CCCCN1C)[C@H](C)CC)[C@H](C[C@@H](O)c1nc(C(=O)NC(Cc2ccc(O)cc2)C[C@H](C)C(N)=O)cs1)C(C)C. The second kappa shape index (κ2) is 22.2. The Morgan fingerprint density at radius 3 is 2.36 bits per heavy atom. The molecular weight excluding hydrogens is 721 g/mol. The third-order valence-electron chi connectivity index (χ3n) is 11.0. The van der Waals surface area contributed by atoms with E-state index in [0.29, 0.717) is 24.3 Å². The molecule has 1 aliphatic heterocycles. The summed E-state index contributed by atoms with van der Waals surface area (Å²) in [6.07, 6.45) is 4.64. The molecule has 6 N–H and O–H groups in total. The van der Waals surface area contributed by atoms with Crippen LogP contribution in [0.5, 0.6) is 5.75 Å². The molecule has 14 heteroatoms. The van der Waals surface area contributed by atoms with Gasteiger partial charge in [0.1, 0.15) is 22.6 Å². The minimum atomic E-state index is -1.12. The first-order chi connectivity index (χ1) is 26.1. The molecular formula is C41H66N6O7S. The van der Waals surface area contributed by atoms with Crippen LogP contribution in [0.4, 0.5) is 0 Å². The highest BCUT2D eigenvalue weighted by molar-refractivity contribution is 7.09. The minimum absolute atomic E-state index is 0.0146. The number of carbonyl (C=O) groups excluding carboxylic acids is 4. The van der Waals surface area contributed by atoms with E-state index < -0.39 is 47.9 Å². The fraction of sp³-hybridized carbons (Fsp3) is 0.683. The number of aromatic nitrogens is 1. The molecule has 0 spiro atoms. The molecule has 0 saturated carbocycles. The maximum Gasteiger partial charge on any atom is 0.307 e. The quantitative estimate of drug-likeness (QED) is 0.0789. The molecule has 2 aromatic rings. The lowest BCUT2D eigenvalue weighted by molar-refractivity contribution is -0.158. The smallest absolute Gasteiger partial charge is 0.307 e. The molecule has 3 amide bonds. The van der Waals surface area contributed by atoms with Gasteiger partial charge in [-0.05, 0) is 82.2 Å². The number of primary amides is 1. The van der Waals surface area contributed by atoms with Crippen LogP contribution >= 0.6 is 11.3 Å². The third-order valence-corrected chi connectivity index (χ3v) is 11.9. The summed E-state index contributed by atoms with van der Waals surface area (Å²) in [5.74, 6) is -2.03. The summed E-state index contributed by atoms with van der Waals surface area (Å²) in [5.41, 5.74) is 6.52. The number of nitrogens with two attached hydrogens (primary N) is 1. The average molecular weight is 787 g/mol. The number of thiazole rings is 1. The predicted molar refractivity (Wildman–Crippen MR) is 215 cm³/mol. The second-order valence-electron chi connectivity index (χ2n) is 15.8. The molecule has 0 bridgehead atoms. The molecule has 1 aliphatic rings. The van der Waals surface area contributed by atoms with Crippen molar-refractivity contribution in [2.24, 2.45) is 23.5 Å². The molecule has 13 nitrogen and oxygen atoms in total.